The second kappa shape index (κ2) is 5.87. The standard InChI is InChI=1S/C15H14ClFO/c1-2-11-3-5-12(6-4-11)10-18-13-7-8-14(16)15(17)9-13/h3-9H,2,10H2,1H3. The fraction of sp³-hybridized carbons (Fsp3) is 0.200. The van der Waals surface area contributed by atoms with Crippen molar-refractivity contribution in [2.24, 2.45) is 0 Å². The van der Waals surface area contributed by atoms with Gasteiger partial charge in [-0.15, -0.1) is 0 Å². The van der Waals surface area contributed by atoms with E-state index in [9.17, 15) is 4.39 Å². The molecule has 2 aromatic rings. The number of rotatable bonds is 4. The molecule has 0 spiro atoms. The zero-order chi connectivity index (χ0) is 13.0. The summed E-state index contributed by atoms with van der Waals surface area (Å²) >= 11 is 5.60. The smallest absolute Gasteiger partial charge is 0.145 e. The van der Waals surface area contributed by atoms with Crippen LogP contribution in [0.25, 0.3) is 0 Å². The molecule has 2 rings (SSSR count). The Labute approximate surface area is 111 Å². The number of hydrogen-bond acceptors (Lipinski definition) is 1. The highest BCUT2D eigenvalue weighted by Gasteiger charge is 2.02. The number of benzene rings is 2. The van der Waals surface area contributed by atoms with E-state index in [0.717, 1.165) is 12.0 Å². The van der Waals surface area contributed by atoms with Gasteiger partial charge in [-0.2, -0.15) is 0 Å². The summed E-state index contributed by atoms with van der Waals surface area (Å²) in [5.41, 5.74) is 2.35. The van der Waals surface area contributed by atoms with Crippen molar-refractivity contribution in [2.75, 3.05) is 0 Å². The third kappa shape index (κ3) is 3.23. The lowest BCUT2D eigenvalue weighted by molar-refractivity contribution is 0.304. The molecule has 1 nitrogen and oxygen atoms in total. The quantitative estimate of drug-likeness (QED) is 0.783. The topological polar surface area (TPSA) is 9.23 Å². The molecule has 2 aromatic carbocycles. The van der Waals surface area contributed by atoms with Gasteiger partial charge < -0.3 is 4.74 Å². The molecule has 0 unspecified atom stereocenters. The maximum absolute atomic E-state index is 13.2. The number of halogens is 2. The van der Waals surface area contributed by atoms with Crippen LogP contribution in [-0.2, 0) is 13.0 Å². The van der Waals surface area contributed by atoms with Gasteiger partial charge in [0.25, 0.3) is 0 Å². The number of hydrogen-bond donors (Lipinski definition) is 0. The Morgan fingerprint density at radius 2 is 1.72 bits per heavy atom. The first-order chi connectivity index (χ1) is 8.69. The molecule has 18 heavy (non-hydrogen) atoms. The Hall–Kier alpha value is -1.54. The lowest BCUT2D eigenvalue weighted by atomic mass is 10.1. The molecule has 0 amide bonds. The molecule has 94 valence electrons. The first kappa shape index (κ1) is 12.9. The molecule has 0 N–H and O–H groups in total. The van der Waals surface area contributed by atoms with E-state index in [0.29, 0.717) is 12.4 Å². The van der Waals surface area contributed by atoms with Gasteiger partial charge in [0, 0.05) is 6.07 Å². The van der Waals surface area contributed by atoms with E-state index in [1.165, 1.54) is 17.7 Å². The van der Waals surface area contributed by atoms with Crippen molar-refractivity contribution in [3.8, 4) is 5.75 Å². The molecular formula is C15H14ClFO. The molecule has 0 bridgehead atoms. The largest absolute Gasteiger partial charge is 0.489 e. The molecule has 3 heteroatoms. The molecule has 0 aliphatic rings. The molecule has 0 aromatic heterocycles. The van der Waals surface area contributed by atoms with E-state index in [1.54, 1.807) is 6.07 Å². The van der Waals surface area contributed by atoms with Crippen LogP contribution in [0.5, 0.6) is 5.75 Å². The van der Waals surface area contributed by atoms with Crippen molar-refractivity contribution in [3.05, 3.63) is 64.4 Å². The minimum atomic E-state index is -0.463. The Balaban J connectivity index is 1.99. The highest BCUT2D eigenvalue weighted by Crippen LogP contribution is 2.21. The highest BCUT2D eigenvalue weighted by molar-refractivity contribution is 6.30. The van der Waals surface area contributed by atoms with Gasteiger partial charge in [0.15, 0.2) is 0 Å². The van der Waals surface area contributed by atoms with Crippen LogP contribution < -0.4 is 4.74 Å². The van der Waals surface area contributed by atoms with Crippen LogP contribution in [0.2, 0.25) is 5.02 Å². The number of aryl methyl sites for hydroxylation is 1. The zero-order valence-electron chi connectivity index (χ0n) is 10.1. The van der Waals surface area contributed by atoms with E-state index in [4.69, 9.17) is 16.3 Å². The second-order valence-electron chi connectivity index (χ2n) is 4.03. The summed E-state index contributed by atoms with van der Waals surface area (Å²) in [7, 11) is 0. The maximum atomic E-state index is 13.2. The molecule has 0 saturated carbocycles. The minimum Gasteiger partial charge on any atom is -0.489 e. The Morgan fingerprint density at radius 1 is 1.06 bits per heavy atom. The molecule has 0 aliphatic carbocycles. The molecule has 0 atom stereocenters. The van der Waals surface area contributed by atoms with Gasteiger partial charge in [-0.05, 0) is 29.7 Å². The summed E-state index contributed by atoms with van der Waals surface area (Å²) in [5, 5.41) is 0.106. The first-order valence-electron chi connectivity index (χ1n) is 5.84. The summed E-state index contributed by atoms with van der Waals surface area (Å²) in [6, 6.07) is 12.6. The summed E-state index contributed by atoms with van der Waals surface area (Å²) in [6.45, 7) is 2.53. The monoisotopic (exact) mass is 264 g/mol. The molecule has 0 aliphatic heterocycles. The van der Waals surface area contributed by atoms with Crippen LogP contribution in [0, 0.1) is 5.82 Å². The summed E-state index contributed by atoms with van der Waals surface area (Å²) in [4.78, 5) is 0. The SMILES string of the molecule is CCc1ccc(COc2ccc(Cl)c(F)c2)cc1. The molecule has 0 saturated heterocycles. The number of ether oxygens (including phenoxy) is 1. The van der Waals surface area contributed by atoms with Gasteiger partial charge in [-0.25, -0.2) is 4.39 Å². The fourth-order valence-corrected chi connectivity index (χ4v) is 1.72. The molecule has 0 heterocycles. The predicted molar refractivity (Wildman–Crippen MR) is 71.6 cm³/mol. The second-order valence-corrected chi connectivity index (χ2v) is 4.44. The van der Waals surface area contributed by atoms with Crippen molar-refractivity contribution >= 4 is 11.6 Å². The van der Waals surface area contributed by atoms with Crippen LogP contribution in [0.4, 0.5) is 4.39 Å². The average molecular weight is 265 g/mol. The Kier molecular flexibility index (Phi) is 4.21. The van der Waals surface area contributed by atoms with Gasteiger partial charge >= 0.3 is 0 Å². The molecule has 0 fully saturated rings. The van der Waals surface area contributed by atoms with Gasteiger partial charge in [-0.1, -0.05) is 42.8 Å². The van der Waals surface area contributed by atoms with E-state index in [-0.39, 0.29) is 5.02 Å². The minimum absolute atomic E-state index is 0.106. The first-order valence-corrected chi connectivity index (χ1v) is 6.22. The van der Waals surface area contributed by atoms with Crippen molar-refractivity contribution in [3.63, 3.8) is 0 Å². The van der Waals surface area contributed by atoms with Crippen LogP contribution in [0.1, 0.15) is 18.1 Å². The third-order valence-electron chi connectivity index (χ3n) is 2.73. The van der Waals surface area contributed by atoms with Crippen molar-refractivity contribution in [1.82, 2.24) is 0 Å². The summed E-state index contributed by atoms with van der Waals surface area (Å²) in [6.07, 6.45) is 1.02. The third-order valence-corrected chi connectivity index (χ3v) is 3.03. The lowest BCUT2D eigenvalue weighted by Gasteiger charge is -2.07. The van der Waals surface area contributed by atoms with Crippen LogP contribution in [0.15, 0.2) is 42.5 Å². The van der Waals surface area contributed by atoms with Gasteiger partial charge in [0.05, 0.1) is 5.02 Å². The van der Waals surface area contributed by atoms with Crippen LogP contribution in [-0.4, -0.2) is 0 Å². The average Bonchev–Trinajstić information content (AvgIpc) is 2.41. The van der Waals surface area contributed by atoms with Crippen LogP contribution in [0.3, 0.4) is 0 Å². The normalized spacial score (nSPS) is 10.4. The van der Waals surface area contributed by atoms with Crippen molar-refractivity contribution in [2.45, 2.75) is 20.0 Å². The van der Waals surface area contributed by atoms with Gasteiger partial charge in [0.2, 0.25) is 0 Å². The maximum Gasteiger partial charge on any atom is 0.145 e. The highest BCUT2D eigenvalue weighted by atomic mass is 35.5. The Bertz CT molecular complexity index is 523. The predicted octanol–water partition coefficient (Wildman–Crippen LogP) is 4.62. The summed E-state index contributed by atoms with van der Waals surface area (Å²) < 4.78 is 18.7. The van der Waals surface area contributed by atoms with Crippen molar-refractivity contribution < 1.29 is 9.13 Å². The zero-order valence-corrected chi connectivity index (χ0v) is 10.9. The lowest BCUT2D eigenvalue weighted by Crippen LogP contribution is -1.96. The van der Waals surface area contributed by atoms with Crippen molar-refractivity contribution in [1.29, 1.82) is 0 Å². The van der Waals surface area contributed by atoms with E-state index >= 15 is 0 Å². The van der Waals surface area contributed by atoms with E-state index < -0.39 is 5.82 Å². The Morgan fingerprint density at radius 3 is 2.33 bits per heavy atom. The summed E-state index contributed by atoms with van der Waals surface area (Å²) in [5.74, 6) is 0.0203. The van der Waals surface area contributed by atoms with E-state index in [2.05, 4.69) is 19.1 Å². The van der Waals surface area contributed by atoms with Crippen LogP contribution >= 0.6 is 11.6 Å². The van der Waals surface area contributed by atoms with E-state index in [1.807, 2.05) is 12.1 Å². The fourth-order valence-electron chi connectivity index (χ4n) is 1.60. The van der Waals surface area contributed by atoms with Gasteiger partial charge in [-0.3, -0.25) is 0 Å². The van der Waals surface area contributed by atoms with Gasteiger partial charge in [0.1, 0.15) is 18.2 Å². The molecular weight excluding hydrogens is 251 g/mol. The molecule has 0 radical (unpaired) electrons.